The van der Waals surface area contributed by atoms with Crippen molar-refractivity contribution in [3.63, 3.8) is 0 Å². The van der Waals surface area contributed by atoms with E-state index in [0.29, 0.717) is 0 Å². The Bertz CT molecular complexity index is 74.4. The highest BCUT2D eigenvalue weighted by atomic mass is 35.5. The predicted octanol–water partition coefficient (Wildman–Crippen LogP) is 0.130. The van der Waals surface area contributed by atoms with Crippen molar-refractivity contribution in [2.45, 2.75) is 18.7 Å². The van der Waals surface area contributed by atoms with Gasteiger partial charge in [0.2, 0.25) is 0 Å². The van der Waals surface area contributed by atoms with Crippen molar-refractivity contribution >= 4 is 17.6 Å². The second-order valence-corrected chi connectivity index (χ2v) is 2.10. The molecule has 3 nitrogen and oxygen atoms in total. The molecule has 0 radical (unpaired) electrons. The number of rotatable bonds is 2. The minimum Gasteiger partial charge on any atom is -0.550 e. The molecule has 0 amide bonds. The quantitative estimate of drug-likeness (QED) is 0.552. The monoisotopic (exact) mass is 139 g/mol. The molecule has 1 unspecified atom stereocenters. The highest BCUT2D eigenvalue weighted by Gasteiger charge is 1.92. The Labute approximate surface area is 53.2 Å². The Morgan fingerprint density at radius 3 is 2.25 bits per heavy atom. The van der Waals surface area contributed by atoms with E-state index in [2.05, 4.69) is 0 Å². The maximum absolute atomic E-state index is 9.61. The first-order chi connectivity index (χ1) is 3.13. The highest BCUT2D eigenvalue weighted by Crippen LogP contribution is 1.96. The Morgan fingerprint density at radius 1 is 1.88 bits per heavy atom. The summed E-state index contributed by atoms with van der Waals surface area (Å²) in [5.74, 6) is -1.09. The van der Waals surface area contributed by atoms with E-state index in [0.717, 1.165) is 0 Å². The minimum absolute atomic E-state index is 0. The first-order valence-electron chi connectivity index (χ1n) is 1.97. The van der Waals surface area contributed by atoms with Gasteiger partial charge in [0.15, 0.2) is 0 Å². The maximum atomic E-state index is 9.61. The number of carboxylic acid groups (broad SMARTS) is 1. The van der Waals surface area contributed by atoms with Crippen molar-refractivity contribution in [3.05, 3.63) is 0 Å². The number of hydrogen-bond acceptors (Lipinski definition) is 2. The summed E-state index contributed by atoms with van der Waals surface area (Å²) in [6.45, 7) is 1.61. The molecule has 8 heavy (non-hydrogen) atoms. The van der Waals surface area contributed by atoms with Gasteiger partial charge < -0.3 is 16.1 Å². The zero-order valence-corrected chi connectivity index (χ0v) is 5.73. The van der Waals surface area contributed by atoms with Crippen LogP contribution in [0.25, 0.3) is 0 Å². The average Bonchev–Trinajstić information content (AvgIpc) is 1.27. The lowest BCUT2D eigenvalue weighted by Crippen LogP contribution is -2.24. The van der Waals surface area contributed by atoms with E-state index in [4.69, 9.17) is 11.6 Å². The molecular weight excluding hydrogens is 130 g/mol. The van der Waals surface area contributed by atoms with Crippen LogP contribution in [0.15, 0.2) is 0 Å². The van der Waals surface area contributed by atoms with E-state index in [1.165, 1.54) is 0 Å². The van der Waals surface area contributed by atoms with Crippen LogP contribution in [0, 0.1) is 0 Å². The predicted molar refractivity (Wildman–Crippen MR) is 30.9 cm³/mol. The molecule has 0 spiro atoms. The highest BCUT2D eigenvalue weighted by molar-refractivity contribution is 6.21. The largest absolute Gasteiger partial charge is 0.550 e. The molecule has 0 bridgehead atoms. The SMILES string of the molecule is CC(Cl)CC(=O)[O-].[NH4+]. The minimum atomic E-state index is -1.09. The molecule has 4 heteroatoms. The summed E-state index contributed by atoms with van der Waals surface area (Å²) in [6, 6.07) is 0. The van der Waals surface area contributed by atoms with Crippen LogP contribution in [-0.2, 0) is 4.79 Å². The molecule has 50 valence electrons. The zero-order valence-electron chi connectivity index (χ0n) is 4.98. The number of alkyl halides is 1. The fraction of sp³-hybridized carbons (Fsp3) is 0.750. The molecule has 0 rings (SSSR count). The third-order valence-corrected chi connectivity index (χ3v) is 0.602. The fourth-order valence-corrected chi connectivity index (χ4v) is 0.356. The molecule has 0 aromatic carbocycles. The van der Waals surface area contributed by atoms with Gasteiger partial charge in [0.25, 0.3) is 0 Å². The summed E-state index contributed by atoms with van der Waals surface area (Å²) in [4.78, 5) is 9.61. The van der Waals surface area contributed by atoms with Crippen LogP contribution >= 0.6 is 11.6 Å². The number of carbonyl (C=O) groups is 1. The van der Waals surface area contributed by atoms with Gasteiger partial charge in [0, 0.05) is 17.8 Å². The summed E-state index contributed by atoms with van der Waals surface area (Å²) in [6.07, 6.45) is -0.0679. The summed E-state index contributed by atoms with van der Waals surface area (Å²) in [5.41, 5.74) is 0. The molecule has 0 aliphatic rings. The van der Waals surface area contributed by atoms with Crippen molar-refractivity contribution in [1.29, 1.82) is 0 Å². The first-order valence-corrected chi connectivity index (χ1v) is 2.40. The fourth-order valence-electron chi connectivity index (χ4n) is 0.230. The smallest absolute Gasteiger partial charge is 0.0428 e. The molecule has 1 atom stereocenters. The summed E-state index contributed by atoms with van der Waals surface area (Å²) < 4.78 is 0. The Hall–Kier alpha value is -0.280. The van der Waals surface area contributed by atoms with E-state index in [-0.39, 0.29) is 17.9 Å². The van der Waals surface area contributed by atoms with Crippen LogP contribution in [-0.4, -0.2) is 11.3 Å². The summed E-state index contributed by atoms with van der Waals surface area (Å²) in [7, 11) is 0. The average molecular weight is 140 g/mol. The molecular formula is C4H10ClNO2. The van der Waals surface area contributed by atoms with E-state index in [1.54, 1.807) is 6.92 Å². The van der Waals surface area contributed by atoms with Gasteiger partial charge in [-0.25, -0.2) is 0 Å². The lowest BCUT2D eigenvalue weighted by Gasteiger charge is -2.00. The first kappa shape index (κ1) is 10.7. The summed E-state index contributed by atoms with van der Waals surface area (Å²) in [5, 5.41) is 9.30. The number of carboxylic acids is 1. The molecule has 0 saturated heterocycles. The van der Waals surface area contributed by atoms with E-state index < -0.39 is 5.97 Å². The lowest BCUT2D eigenvalue weighted by atomic mass is 10.3. The normalized spacial score (nSPS) is 11.8. The van der Waals surface area contributed by atoms with Crippen molar-refractivity contribution in [3.8, 4) is 0 Å². The van der Waals surface area contributed by atoms with Crippen LogP contribution in [0.2, 0.25) is 0 Å². The Kier molecular flexibility index (Phi) is 6.48. The topological polar surface area (TPSA) is 76.6 Å². The lowest BCUT2D eigenvalue weighted by molar-refractivity contribution is -0.305. The van der Waals surface area contributed by atoms with Gasteiger partial charge in [0.1, 0.15) is 0 Å². The van der Waals surface area contributed by atoms with Crippen LogP contribution in [0.5, 0.6) is 0 Å². The maximum Gasteiger partial charge on any atom is 0.0428 e. The van der Waals surface area contributed by atoms with Crippen LogP contribution in [0.3, 0.4) is 0 Å². The molecule has 0 aliphatic carbocycles. The molecule has 0 aliphatic heterocycles. The molecule has 0 fully saturated rings. The zero-order chi connectivity index (χ0) is 5.86. The van der Waals surface area contributed by atoms with Crippen LogP contribution in [0.4, 0.5) is 0 Å². The molecule has 0 aromatic rings. The van der Waals surface area contributed by atoms with Gasteiger partial charge in [-0.15, -0.1) is 11.6 Å². The van der Waals surface area contributed by atoms with E-state index >= 15 is 0 Å². The van der Waals surface area contributed by atoms with E-state index in [9.17, 15) is 9.90 Å². The number of halogens is 1. The van der Waals surface area contributed by atoms with Crippen molar-refractivity contribution in [1.82, 2.24) is 6.15 Å². The van der Waals surface area contributed by atoms with Crippen molar-refractivity contribution in [2.75, 3.05) is 0 Å². The van der Waals surface area contributed by atoms with Crippen LogP contribution < -0.4 is 11.3 Å². The number of carbonyl (C=O) groups excluding carboxylic acids is 1. The number of quaternary nitrogens is 1. The summed E-state index contributed by atoms with van der Waals surface area (Å²) >= 11 is 5.25. The molecule has 0 saturated carbocycles. The van der Waals surface area contributed by atoms with Gasteiger partial charge in [-0.1, -0.05) is 0 Å². The van der Waals surface area contributed by atoms with Gasteiger partial charge in [-0.05, 0) is 6.92 Å². The van der Waals surface area contributed by atoms with Crippen molar-refractivity contribution < 1.29 is 9.90 Å². The van der Waals surface area contributed by atoms with Gasteiger partial charge in [0.05, 0.1) is 0 Å². The van der Waals surface area contributed by atoms with Gasteiger partial charge in [-0.2, -0.15) is 0 Å². The van der Waals surface area contributed by atoms with Crippen LogP contribution in [0.1, 0.15) is 13.3 Å². The Morgan fingerprint density at radius 2 is 2.25 bits per heavy atom. The molecule has 0 aromatic heterocycles. The molecule has 4 N–H and O–H groups in total. The van der Waals surface area contributed by atoms with E-state index in [1.807, 2.05) is 0 Å². The third kappa shape index (κ3) is 9.21. The number of aliphatic carboxylic acids is 1. The Balaban J connectivity index is 0. The van der Waals surface area contributed by atoms with Gasteiger partial charge >= 0.3 is 0 Å². The van der Waals surface area contributed by atoms with Gasteiger partial charge in [-0.3, -0.25) is 0 Å². The third-order valence-electron chi connectivity index (χ3n) is 0.448. The molecule has 0 heterocycles. The second-order valence-electron chi connectivity index (χ2n) is 1.36. The number of hydrogen-bond donors (Lipinski definition) is 1. The standard InChI is InChI=1S/C4H7ClO2.H3N/c1-3(5)2-4(6)7;/h3H,2H2,1H3,(H,6,7);1H3. The second kappa shape index (κ2) is 4.87. The van der Waals surface area contributed by atoms with Crippen molar-refractivity contribution in [2.24, 2.45) is 0 Å².